The Bertz CT molecular complexity index is 1050. The predicted molar refractivity (Wildman–Crippen MR) is 110 cm³/mol. The lowest BCUT2D eigenvalue weighted by molar-refractivity contribution is -0.149. The van der Waals surface area contributed by atoms with Gasteiger partial charge in [0.25, 0.3) is 0 Å². The molecule has 0 unspecified atom stereocenters. The van der Waals surface area contributed by atoms with Crippen LogP contribution in [-0.4, -0.2) is 27.8 Å². The summed E-state index contributed by atoms with van der Waals surface area (Å²) in [6.45, 7) is 1.83. The molecule has 2 aromatic rings. The van der Waals surface area contributed by atoms with Gasteiger partial charge in [0, 0.05) is 10.6 Å². The normalized spacial score (nSPS) is 18.2. The molecule has 1 aliphatic carbocycles. The first kappa shape index (κ1) is 19.5. The van der Waals surface area contributed by atoms with E-state index in [1.165, 1.54) is 6.07 Å². The van der Waals surface area contributed by atoms with Gasteiger partial charge < -0.3 is 14.9 Å². The minimum Gasteiger partial charge on any atom is -0.507 e. The summed E-state index contributed by atoms with van der Waals surface area (Å²) in [5.41, 5.74) is 2.05. The van der Waals surface area contributed by atoms with E-state index in [0.717, 1.165) is 24.8 Å². The van der Waals surface area contributed by atoms with Crippen LogP contribution in [0.4, 0.5) is 0 Å². The van der Waals surface area contributed by atoms with Crippen molar-refractivity contribution in [2.24, 2.45) is 0 Å². The second-order valence-electron chi connectivity index (χ2n) is 7.70. The Morgan fingerprint density at radius 1 is 1.10 bits per heavy atom. The van der Waals surface area contributed by atoms with Gasteiger partial charge >= 0.3 is 11.9 Å². The zero-order valence-corrected chi connectivity index (χ0v) is 16.8. The molecule has 1 spiro atoms. The fourth-order valence-electron chi connectivity index (χ4n) is 4.29. The Balaban J connectivity index is 1.79. The number of hydrogen-bond donors (Lipinski definition) is 2. The lowest BCUT2D eigenvalue weighted by Crippen LogP contribution is -2.34. The number of benzene rings is 2. The number of rotatable bonds is 3. The molecule has 5 nitrogen and oxygen atoms in total. The van der Waals surface area contributed by atoms with Crippen molar-refractivity contribution in [1.29, 1.82) is 0 Å². The van der Waals surface area contributed by atoms with Gasteiger partial charge in [-0.15, -0.1) is 0 Å². The van der Waals surface area contributed by atoms with Gasteiger partial charge in [0.05, 0.1) is 5.56 Å². The van der Waals surface area contributed by atoms with Crippen LogP contribution in [0.3, 0.4) is 0 Å². The Morgan fingerprint density at radius 3 is 2.52 bits per heavy atom. The van der Waals surface area contributed by atoms with Crippen LogP contribution in [0.15, 0.2) is 42.2 Å². The van der Waals surface area contributed by atoms with Crippen molar-refractivity contribution in [3.05, 3.63) is 63.9 Å². The molecule has 2 N–H and O–H groups in total. The summed E-state index contributed by atoms with van der Waals surface area (Å²) in [6.07, 6.45) is 4.13. The van der Waals surface area contributed by atoms with E-state index in [4.69, 9.17) is 16.3 Å². The number of aryl methyl sites for hydroxylation is 1. The maximum Gasteiger partial charge on any atom is 0.343 e. The van der Waals surface area contributed by atoms with E-state index in [0.29, 0.717) is 34.6 Å². The van der Waals surface area contributed by atoms with E-state index in [1.54, 1.807) is 30.3 Å². The maximum absolute atomic E-state index is 12.6. The molecule has 29 heavy (non-hydrogen) atoms. The first-order valence-electron chi connectivity index (χ1n) is 9.64. The van der Waals surface area contributed by atoms with Crippen molar-refractivity contribution in [2.45, 2.75) is 44.6 Å². The fourth-order valence-corrected chi connectivity index (χ4v) is 4.57. The van der Waals surface area contributed by atoms with Gasteiger partial charge in [0.1, 0.15) is 5.57 Å². The number of carboxylic acids is 1. The number of carbonyl (C=O) groups is 2. The van der Waals surface area contributed by atoms with Crippen LogP contribution in [-0.2, 0) is 9.53 Å². The second kappa shape index (κ2) is 7.23. The summed E-state index contributed by atoms with van der Waals surface area (Å²) in [7, 11) is 0. The molecule has 0 bridgehead atoms. The van der Waals surface area contributed by atoms with E-state index in [9.17, 15) is 19.8 Å². The third-order valence-electron chi connectivity index (χ3n) is 5.83. The summed E-state index contributed by atoms with van der Waals surface area (Å²) in [4.78, 5) is 23.9. The van der Waals surface area contributed by atoms with Gasteiger partial charge in [-0.05, 0) is 73.6 Å². The van der Waals surface area contributed by atoms with Crippen molar-refractivity contribution in [1.82, 2.24) is 0 Å². The first-order chi connectivity index (χ1) is 13.8. The molecule has 1 saturated carbocycles. The Hall–Kier alpha value is -2.79. The SMILES string of the molecule is Cc1cc(-c2cccc(C(=O)O)c2)c(Cl)cc1C1=C(O)C2(CCCCC2)OC1=O. The van der Waals surface area contributed by atoms with Crippen LogP contribution >= 0.6 is 11.6 Å². The number of aliphatic hydroxyl groups is 1. The van der Waals surface area contributed by atoms with Crippen molar-refractivity contribution in [3.63, 3.8) is 0 Å². The average Bonchev–Trinajstić information content (AvgIpc) is 2.93. The van der Waals surface area contributed by atoms with Crippen molar-refractivity contribution >= 4 is 29.1 Å². The predicted octanol–water partition coefficient (Wildman–Crippen LogP) is 5.54. The number of carboxylic acid groups (broad SMARTS) is 1. The number of halogens is 1. The number of carbonyl (C=O) groups excluding carboxylic acids is 1. The van der Waals surface area contributed by atoms with Crippen LogP contribution in [0.25, 0.3) is 16.7 Å². The van der Waals surface area contributed by atoms with Gasteiger partial charge in [-0.1, -0.05) is 30.2 Å². The molecule has 0 amide bonds. The van der Waals surface area contributed by atoms with Gasteiger partial charge in [0.15, 0.2) is 11.4 Å². The van der Waals surface area contributed by atoms with Crippen LogP contribution in [0.2, 0.25) is 5.02 Å². The van der Waals surface area contributed by atoms with E-state index in [1.807, 2.05) is 6.92 Å². The molecule has 150 valence electrons. The summed E-state index contributed by atoms with van der Waals surface area (Å²) in [5.74, 6) is -1.54. The molecule has 2 aliphatic rings. The van der Waals surface area contributed by atoms with Gasteiger partial charge in [-0.25, -0.2) is 9.59 Å². The summed E-state index contributed by atoms with van der Waals surface area (Å²) in [6, 6.07) is 9.97. The molecule has 0 saturated heterocycles. The van der Waals surface area contributed by atoms with Gasteiger partial charge in [0.2, 0.25) is 0 Å². The lowest BCUT2D eigenvalue weighted by Gasteiger charge is -2.31. The van der Waals surface area contributed by atoms with Crippen molar-refractivity contribution in [2.75, 3.05) is 0 Å². The second-order valence-corrected chi connectivity index (χ2v) is 8.11. The van der Waals surface area contributed by atoms with Gasteiger partial charge in [-0.2, -0.15) is 0 Å². The molecule has 0 radical (unpaired) electrons. The zero-order chi connectivity index (χ0) is 20.8. The highest BCUT2D eigenvalue weighted by Crippen LogP contribution is 2.46. The van der Waals surface area contributed by atoms with Crippen LogP contribution in [0.1, 0.15) is 53.6 Å². The molecule has 1 fully saturated rings. The zero-order valence-electron chi connectivity index (χ0n) is 16.0. The summed E-state index contributed by atoms with van der Waals surface area (Å²) in [5, 5.41) is 20.5. The molecule has 1 aliphatic heterocycles. The largest absolute Gasteiger partial charge is 0.507 e. The molecule has 4 rings (SSSR count). The molecule has 1 heterocycles. The highest BCUT2D eigenvalue weighted by molar-refractivity contribution is 6.34. The maximum atomic E-state index is 12.6. The number of aromatic carboxylic acids is 1. The number of hydrogen-bond acceptors (Lipinski definition) is 4. The quantitative estimate of drug-likeness (QED) is 0.646. The van der Waals surface area contributed by atoms with Crippen LogP contribution in [0, 0.1) is 6.92 Å². The van der Waals surface area contributed by atoms with E-state index in [2.05, 4.69) is 0 Å². The Kier molecular flexibility index (Phi) is 4.87. The lowest BCUT2D eigenvalue weighted by atomic mass is 9.82. The molecular formula is C23H21ClO5. The molecule has 2 aromatic carbocycles. The standard InChI is InChI=1S/C23H21ClO5/c1-13-10-17(14-6-5-7-15(11-14)21(26)27)18(24)12-16(13)19-20(25)23(29-22(19)28)8-3-2-4-9-23/h5-7,10-12,25H,2-4,8-9H2,1H3,(H,26,27). The number of aliphatic hydroxyl groups excluding tert-OH is 1. The molecular weight excluding hydrogens is 392 g/mol. The monoisotopic (exact) mass is 412 g/mol. The molecule has 0 atom stereocenters. The Labute approximate surface area is 173 Å². The van der Waals surface area contributed by atoms with Crippen molar-refractivity contribution < 1.29 is 24.5 Å². The molecule has 0 aromatic heterocycles. The average molecular weight is 413 g/mol. The topological polar surface area (TPSA) is 83.8 Å². The molecule has 6 heteroatoms. The van der Waals surface area contributed by atoms with E-state index >= 15 is 0 Å². The van der Waals surface area contributed by atoms with Crippen LogP contribution < -0.4 is 0 Å². The Morgan fingerprint density at radius 2 is 1.83 bits per heavy atom. The minimum absolute atomic E-state index is 0.00184. The third-order valence-corrected chi connectivity index (χ3v) is 6.14. The summed E-state index contributed by atoms with van der Waals surface area (Å²) < 4.78 is 5.65. The van der Waals surface area contributed by atoms with Gasteiger partial charge in [-0.3, -0.25) is 0 Å². The third kappa shape index (κ3) is 3.29. The number of ether oxygens (including phenoxy) is 1. The van der Waals surface area contributed by atoms with E-state index < -0.39 is 17.5 Å². The first-order valence-corrected chi connectivity index (χ1v) is 10.0. The highest BCUT2D eigenvalue weighted by atomic mass is 35.5. The minimum atomic E-state index is -1.02. The number of esters is 1. The van der Waals surface area contributed by atoms with Crippen molar-refractivity contribution in [3.8, 4) is 11.1 Å². The van der Waals surface area contributed by atoms with Crippen LogP contribution in [0.5, 0.6) is 0 Å². The van der Waals surface area contributed by atoms with E-state index in [-0.39, 0.29) is 16.9 Å². The smallest absolute Gasteiger partial charge is 0.343 e. The fraction of sp³-hybridized carbons (Fsp3) is 0.304. The summed E-state index contributed by atoms with van der Waals surface area (Å²) >= 11 is 6.52. The highest BCUT2D eigenvalue weighted by Gasteiger charge is 2.49.